The molecule has 2 saturated heterocycles. The third-order valence-electron chi connectivity index (χ3n) is 6.14. The van der Waals surface area contributed by atoms with Gasteiger partial charge < -0.3 is 23.8 Å². The van der Waals surface area contributed by atoms with Crippen LogP contribution in [0.15, 0.2) is 42.9 Å². The second-order valence-electron chi connectivity index (χ2n) is 10.6. The van der Waals surface area contributed by atoms with Gasteiger partial charge in [-0.15, -0.1) is 0 Å². The molecule has 0 radical (unpaired) electrons. The quantitative estimate of drug-likeness (QED) is 0.339. The van der Waals surface area contributed by atoms with E-state index >= 15 is 0 Å². The number of hydrogen-bond acceptors (Lipinski definition) is 8. The SMILES string of the molecule is CC1OC(CN(CCCC#Cc2cncc(OC[C@@H]3CCN3C(=O)OC(C)(C)C)c2)Cc2ccccn2)O1. The van der Waals surface area contributed by atoms with Crippen LogP contribution in [0.3, 0.4) is 0 Å². The fourth-order valence-electron chi connectivity index (χ4n) is 4.18. The lowest BCUT2D eigenvalue weighted by atomic mass is 10.1. The van der Waals surface area contributed by atoms with Crippen LogP contribution < -0.4 is 4.74 Å². The molecule has 0 aliphatic carbocycles. The number of carbonyl (C=O) groups excluding carboxylic acids is 1. The van der Waals surface area contributed by atoms with Crippen LogP contribution in [-0.4, -0.2) is 76.3 Å². The molecule has 1 amide bonds. The number of likely N-dealkylation sites (tertiary alicyclic amines) is 1. The summed E-state index contributed by atoms with van der Waals surface area (Å²) < 4.78 is 22.6. The van der Waals surface area contributed by atoms with Gasteiger partial charge in [0.15, 0.2) is 12.6 Å². The van der Waals surface area contributed by atoms with Gasteiger partial charge in [0.25, 0.3) is 0 Å². The van der Waals surface area contributed by atoms with Crippen LogP contribution in [0.5, 0.6) is 5.75 Å². The average Bonchev–Trinajstić information content (AvgIpc) is 2.82. The zero-order valence-electron chi connectivity index (χ0n) is 22.8. The number of nitrogens with zero attached hydrogens (tertiary/aromatic N) is 4. The van der Waals surface area contributed by atoms with Gasteiger partial charge in [0.2, 0.25) is 0 Å². The molecule has 0 bridgehead atoms. The molecule has 2 aliphatic heterocycles. The van der Waals surface area contributed by atoms with Crippen molar-refractivity contribution in [2.24, 2.45) is 0 Å². The highest BCUT2D eigenvalue weighted by Gasteiger charge is 2.35. The number of aromatic nitrogens is 2. The number of hydrogen-bond donors (Lipinski definition) is 0. The van der Waals surface area contributed by atoms with Crippen molar-refractivity contribution < 1.29 is 23.7 Å². The van der Waals surface area contributed by atoms with Crippen molar-refractivity contribution >= 4 is 6.09 Å². The molecule has 4 rings (SSSR count). The molecule has 2 fully saturated rings. The van der Waals surface area contributed by atoms with Crippen LogP contribution in [0.25, 0.3) is 0 Å². The summed E-state index contributed by atoms with van der Waals surface area (Å²) in [6.07, 6.45) is 7.15. The van der Waals surface area contributed by atoms with Gasteiger partial charge in [0, 0.05) is 37.5 Å². The molecule has 2 aromatic rings. The van der Waals surface area contributed by atoms with E-state index in [1.807, 2.05) is 58.2 Å². The smallest absolute Gasteiger partial charge is 0.410 e. The van der Waals surface area contributed by atoms with Crippen molar-refractivity contribution in [1.82, 2.24) is 19.8 Å². The summed E-state index contributed by atoms with van der Waals surface area (Å²) in [4.78, 5) is 25.0. The molecule has 0 N–H and O–H groups in total. The van der Waals surface area contributed by atoms with Gasteiger partial charge in [0.1, 0.15) is 18.0 Å². The summed E-state index contributed by atoms with van der Waals surface area (Å²) in [6, 6.07) is 7.84. The van der Waals surface area contributed by atoms with Gasteiger partial charge in [-0.1, -0.05) is 17.9 Å². The number of amides is 1. The molecule has 9 heteroatoms. The number of unbranched alkanes of at least 4 members (excludes halogenated alkanes) is 1. The highest BCUT2D eigenvalue weighted by molar-refractivity contribution is 5.69. The molecule has 204 valence electrons. The number of rotatable bonds is 10. The van der Waals surface area contributed by atoms with E-state index in [0.717, 1.165) is 43.6 Å². The summed E-state index contributed by atoms with van der Waals surface area (Å²) in [6.45, 7) is 10.9. The number of ether oxygens (including phenoxy) is 4. The number of carbonyl (C=O) groups is 1. The predicted molar refractivity (Wildman–Crippen MR) is 142 cm³/mol. The molecule has 38 heavy (non-hydrogen) atoms. The Morgan fingerprint density at radius 2 is 2.11 bits per heavy atom. The molecule has 1 atom stereocenters. The average molecular weight is 523 g/mol. The first kappa shape index (κ1) is 27.8. The Morgan fingerprint density at radius 3 is 2.79 bits per heavy atom. The van der Waals surface area contributed by atoms with Crippen molar-refractivity contribution in [1.29, 1.82) is 0 Å². The summed E-state index contributed by atoms with van der Waals surface area (Å²) in [5.74, 6) is 7.08. The lowest BCUT2D eigenvalue weighted by Crippen LogP contribution is -2.55. The summed E-state index contributed by atoms with van der Waals surface area (Å²) in [5.41, 5.74) is 1.31. The van der Waals surface area contributed by atoms with Gasteiger partial charge in [-0.3, -0.25) is 14.9 Å². The fraction of sp³-hybridized carbons (Fsp3) is 0.552. The first-order valence-corrected chi connectivity index (χ1v) is 13.2. The first-order valence-electron chi connectivity index (χ1n) is 13.2. The Labute approximate surface area is 225 Å². The molecule has 9 nitrogen and oxygen atoms in total. The zero-order valence-corrected chi connectivity index (χ0v) is 22.8. The minimum Gasteiger partial charge on any atom is -0.490 e. The maximum atomic E-state index is 12.3. The zero-order chi connectivity index (χ0) is 27.0. The van der Waals surface area contributed by atoms with Gasteiger partial charge in [-0.25, -0.2) is 4.79 Å². The first-order chi connectivity index (χ1) is 18.2. The lowest BCUT2D eigenvalue weighted by Gasteiger charge is -2.40. The highest BCUT2D eigenvalue weighted by Crippen LogP contribution is 2.23. The van der Waals surface area contributed by atoms with E-state index in [-0.39, 0.29) is 24.7 Å². The van der Waals surface area contributed by atoms with Crippen LogP contribution >= 0.6 is 0 Å². The van der Waals surface area contributed by atoms with Crippen molar-refractivity contribution in [2.45, 2.75) is 77.7 Å². The summed E-state index contributed by atoms with van der Waals surface area (Å²) >= 11 is 0. The van der Waals surface area contributed by atoms with Crippen LogP contribution in [0.2, 0.25) is 0 Å². The van der Waals surface area contributed by atoms with Crippen molar-refractivity contribution in [3.63, 3.8) is 0 Å². The van der Waals surface area contributed by atoms with Crippen LogP contribution in [0.1, 0.15) is 58.2 Å². The molecule has 0 saturated carbocycles. The van der Waals surface area contributed by atoms with Crippen LogP contribution in [-0.2, 0) is 20.8 Å². The van der Waals surface area contributed by atoms with Gasteiger partial charge in [0.05, 0.1) is 24.5 Å². The van der Waals surface area contributed by atoms with E-state index in [1.165, 1.54) is 0 Å². The molecular weight excluding hydrogens is 484 g/mol. The van der Waals surface area contributed by atoms with E-state index in [2.05, 4.69) is 26.7 Å². The van der Waals surface area contributed by atoms with Gasteiger partial charge in [-0.05, 0) is 65.3 Å². The van der Waals surface area contributed by atoms with Crippen molar-refractivity contribution in [3.8, 4) is 17.6 Å². The van der Waals surface area contributed by atoms with Crippen molar-refractivity contribution in [2.75, 3.05) is 26.2 Å². The Bertz CT molecular complexity index is 1110. The highest BCUT2D eigenvalue weighted by atomic mass is 16.9. The Hall–Kier alpha value is -3.19. The maximum absolute atomic E-state index is 12.3. The fourth-order valence-corrected chi connectivity index (χ4v) is 4.18. The molecule has 2 aliphatic rings. The predicted octanol–water partition coefficient (Wildman–Crippen LogP) is 4.22. The minimum absolute atomic E-state index is 0.00701. The Balaban J connectivity index is 1.22. The monoisotopic (exact) mass is 522 g/mol. The largest absolute Gasteiger partial charge is 0.490 e. The standard InChI is InChI=1S/C29H38N4O5/c1-22-36-27(37-22)20-32(19-24-11-7-8-13-31-24)14-9-5-6-10-23-16-26(18-30-17-23)35-21-25-12-15-33(25)28(34)38-29(2,3)4/h7-8,11,13,16-18,22,25,27H,5,9,12,14-15,19-21H2,1-4H3/t22?,25-,27?/m0/s1. The topological polar surface area (TPSA) is 86.3 Å². The molecular formula is C29H38N4O5. The molecule has 2 aromatic heterocycles. The van der Waals surface area contributed by atoms with E-state index < -0.39 is 5.60 Å². The second kappa shape index (κ2) is 13.1. The van der Waals surface area contributed by atoms with Crippen LogP contribution in [0, 0.1) is 11.8 Å². The minimum atomic E-state index is -0.509. The van der Waals surface area contributed by atoms with Gasteiger partial charge in [-0.2, -0.15) is 0 Å². The number of pyridine rings is 2. The molecule has 4 heterocycles. The summed E-state index contributed by atoms with van der Waals surface area (Å²) in [5, 5.41) is 0. The second-order valence-corrected chi connectivity index (χ2v) is 10.6. The van der Waals surface area contributed by atoms with E-state index in [1.54, 1.807) is 17.3 Å². The van der Waals surface area contributed by atoms with E-state index in [9.17, 15) is 4.79 Å². The third-order valence-corrected chi connectivity index (χ3v) is 6.14. The van der Waals surface area contributed by atoms with Crippen molar-refractivity contribution in [3.05, 3.63) is 54.1 Å². The van der Waals surface area contributed by atoms with Gasteiger partial charge >= 0.3 is 6.09 Å². The summed E-state index contributed by atoms with van der Waals surface area (Å²) in [7, 11) is 0. The normalized spacial score (nSPS) is 20.7. The van der Waals surface area contributed by atoms with E-state index in [4.69, 9.17) is 18.9 Å². The Morgan fingerprint density at radius 1 is 1.26 bits per heavy atom. The Kier molecular flexibility index (Phi) is 9.56. The third kappa shape index (κ3) is 8.69. The van der Waals surface area contributed by atoms with Crippen LogP contribution in [0.4, 0.5) is 4.79 Å². The maximum Gasteiger partial charge on any atom is 0.410 e. The molecule has 0 unspecified atom stereocenters. The molecule has 0 spiro atoms. The molecule has 0 aromatic carbocycles. The van der Waals surface area contributed by atoms with E-state index in [0.29, 0.717) is 25.4 Å². The lowest BCUT2D eigenvalue weighted by molar-refractivity contribution is -0.378.